The number of carbonyl (C=O) groups is 1. The number of hydrogen-bond acceptors (Lipinski definition) is 5. The fourth-order valence-electron chi connectivity index (χ4n) is 2.47. The summed E-state index contributed by atoms with van der Waals surface area (Å²) in [7, 11) is 0. The van der Waals surface area contributed by atoms with Gasteiger partial charge in [-0.15, -0.1) is 0 Å². The summed E-state index contributed by atoms with van der Waals surface area (Å²) in [6.07, 6.45) is 6.90. The van der Waals surface area contributed by atoms with Gasteiger partial charge in [-0.2, -0.15) is 5.10 Å². The summed E-state index contributed by atoms with van der Waals surface area (Å²) in [6.45, 7) is 1.96. The molecule has 23 heavy (non-hydrogen) atoms. The van der Waals surface area contributed by atoms with Crippen molar-refractivity contribution >= 4 is 17.5 Å². The molecule has 0 spiro atoms. The molecule has 1 N–H and O–H groups in total. The van der Waals surface area contributed by atoms with Crippen LogP contribution in [-0.4, -0.2) is 38.9 Å². The van der Waals surface area contributed by atoms with E-state index in [9.17, 15) is 4.79 Å². The molecule has 1 atom stereocenters. The lowest BCUT2D eigenvalue weighted by Gasteiger charge is -2.20. The molecule has 0 radical (unpaired) electrons. The molecule has 1 amide bonds. The van der Waals surface area contributed by atoms with Gasteiger partial charge in [-0.25, -0.2) is 9.97 Å². The van der Waals surface area contributed by atoms with Gasteiger partial charge in [0.2, 0.25) is 5.91 Å². The van der Waals surface area contributed by atoms with Gasteiger partial charge in [0.15, 0.2) is 0 Å². The average molecular weight is 336 g/mol. The van der Waals surface area contributed by atoms with E-state index in [0.29, 0.717) is 18.2 Å². The van der Waals surface area contributed by atoms with E-state index >= 15 is 0 Å². The highest BCUT2D eigenvalue weighted by Gasteiger charge is 2.18. The number of aromatic nitrogens is 4. The number of nitrogens with zero attached hydrogens (tertiary/aromatic N) is 4. The zero-order chi connectivity index (χ0) is 16.1. The van der Waals surface area contributed by atoms with Crippen LogP contribution in [0.4, 0.5) is 0 Å². The summed E-state index contributed by atoms with van der Waals surface area (Å²) < 4.78 is 6.96. The van der Waals surface area contributed by atoms with Crippen molar-refractivity contribution in [2.24, 2.45) is 0 Å². The van der Waals surface area contributed by atoms with E-state index in [-0.39, 0.29) is 18.4 Å². The summed E-state index contributed by atoms with van der Waals surface area (Å²) >= 11 is 5.77. The quantitative estimate of drug-likeness (QED) is 0.896. The number of amides is 1. The molecule has 1 saturated heterocycles. The van der Waals surface area contributed by atoms with Crippen molar-refractivity contribution in [2.45, 2.75) is 31.8 Å². The average Bonchev–Trinajstić information content (AvgIpc) is 2.99. The smallest absolute Gasteiger partial charge is 0.242 e. The van der Waals surface area contributed by atoms with E-state index in [0.717, 1.165) is 31.0 Å². The molecule has 0 aliphatic carbocycles. The minimum atomic E-state index is -0.147. The van der Waals surface area contributed by atoms with Crippen LogP contribution in [0.25, 0.3) is 0 Å². The second kappa shape index (κ2) is 7.52. The van der Waals surface area contributed by atoms with Crippen LogP contribution in [-0.2, 0) is 22.6 Å². The van der Waals surface area contributed by atoms with Crippen LogP contribution < -0.4 is 5.32 Å². The Morgan fingerprint density at radius 2 is 2.43 bits per heavy atom. The van der Waals surface area contributed by atoms with Crippen molar-refractivity contribution in [3.63, 3.8) is 0 Å². The first-order chi connectivity index (χ1) is 11.2. The number of ether oxygens (including phenoxy) is 1. The van der Waals surface area contributed by atoms with Gasteiger partial charge in [0.25, 0.3) is 0 Å². The molecule has 2 aromatic rings. The fourth-order valence-corrected chi connectivity index (χ4v) is 2.63. The highest BCUT2D eigenvalue weighted by Crippen LogP contribution is 2.22. The van der Waals surface area contributed by atoms with Crippen LogP contribution in [0, 0.1) is 0 Å². The summed E-state index contributed by atoms with van der Waals surface area (Å²) in [6, 6.07) is 1.80. The van der Waals surface area contributed by atoms with Crippen LogP contribution in [0.5, 0.6) is 0 Å². The van der Waals surface area contributed by atoms with E-state index in [2.05, 4.69) is 20.4 Å². The Balaban J connectivity index is 1.54. The van der Waals surface area contributed by atoms with Gasteiger partial charge in [0, 0.05) is 24.9 Å². The third-order valence-electron chi connectivity index (χ3n) is 3.63. The highest BCUT2D eigenvalue weighted by molar-refractivity contribution is 6.30. The molecule has 0 unspecified atom stereocenters. The summed E-state index contributed by atoms with van der Waals surface area (Å²) in [5.41, 5.74) is 0.785. The summed E-state index contributed by atoms with van der Waals surface area (Å²) in [5, 5.41) is 7.30. The van der Waals surface area contributed by atoms with Crippen LogP contribution in [0.15, 0.2) is 24.7 Å². The first-order valence-corrected chi connectivity index (χ1v) is 7.93. The number of hydrogen-bond donors (Lipinski definition) is 1. The molecule has 1 fully saturated rings. The van der Waals surface area contributed by atoms with Crippen molar-refractivity contribution in [3.05, 3.63) is 41.2 Å². The standard InChI is InChI=1S/C15H18ClN5O2/c16-12-6-19-21(8-12)9-14(22)18-7-13-3-4-17-15(20-13)11-2-1-5-23-10-11/h3-4,6,8,11H,1-2,5,7,9-10H2,(H,18,22)/t11-/m0/s1. The summed E-state index contributed by atoms with van der Waals surface area (Å²) in [5.74, 6) is 0.881. The largest absolute Gasteiger partial charge is 0.381 e. The maximum absolute atomic E-state index is 11.9. The maximum atomic E-state index is 11.9. The summed E-state index contributed by atoms with van der Waals surface area (Å²) in [4.78, 5) is 20.8. The Morgan fingerprint density at radius 3 is 3.17 bits per heavy atom. The van der Waals surface area contributed by atoms with Gasteiger partial charge < -0.3 is 10.1 Å². The lowest BCUT2D eigenvalue weighted by atomic mass is 10.0. The van der Waals surface area contributed by atoms with Gasteiger partial charge in [0.05, 0.1) is 30.1 Å². The number of halogens is 1. The molecule has 8 heteroatoms. The van der Waals surface area contributed by atoms with Crippen LogP contribution in [0.2, 0.25) is 5.02 Å². The van der Waals surface area contributed by atoms with Crippen molar-refractivity contribution in [1.82, 2.24) is 25.1 Å². The molecule has 0 bridgehead atoms. The zero-order valence-electron chi connectivity index (χ0n) is 12.6. The van der Waals surface area contributed by atoms with Crippen molar-refractivity contribution in [3.8, 4) is 0 Å². The first kappa shape index (κ1) is 15.9. The fraction of sp³-hybridized carbons (Fsp3) is 0.467. The molecule has 1 aliphatic heterocycles. The Kier molecular flexibility index (Phi) is 5.19. The molecule has 3 heterocycles. The first-order valence-electron chi connectivity index (χ1n) is 7.55. The predicted molar refractivity (Wildman–Crippen MR) is 83.9 cm³/mol. The van der Waals surface area contributed by atoms with Crippen molar-refractivity contribution in [1.29, 1.82) is 0 Å². The van der Waals surface area contributed by atoms with Crippen molar-refractivity contribution in [2.75, 3.05) is 13.2 Å². The van der Waals surface area contributed by atoms with Crippen molar-refractivity contribution < 1.29 is 9.53 Å². The lowest BCUT2D eigenvalue weighted by Crippen LogP contribution is -2.28. The Bertz CT molecular complexity index is 669. The third kappa shape index (κ3) is 4.49. The maximum Gasteiger partial charge on any atom is 0.242 e. The second-order valence-electron chi connectivity index (χ2n) is 5.45. The van der Waals surface area contributed by atoms with E-state index < -0.39 is 0 Å². The monoisotopic (exact) mass is 335 g/mol. The van der Waals surface area contributed by atoms with Crippen LogP contribution in [0.1, 0.15) is 30.3 Å². The molecule has 3 rings (SSSR count). The zero-order valence-corrected chi connectivity index (χ0v) is 13.4. The van der Waals surface area contributed by atoms with E-state index in [4.69, 9.17) is 16.3 Å². The lowest BCUT2D eigenvalue weighted by molar-refractivity contribution is -0.122. The SMILES string of the molecule is O=C(Cn1cc(Cl)cn1)NCc1ccnc([C@H]2CCCOC2)n1. The molecular formula is C15H18ClN5O2. The van der Waals surface area contributed by atoms with Gasteiger partial charge in [0.1, 0.15) is 12.4 Å². The molecule has 122 valence electrons. The Morgan fingerprint density at radius 1 is 1.52 bits per heavy atom. The number of carbonyl (C=O) groups excluding carboxylic acids is 1. The van der Waals surface area contributed by atoms with E-state index in [1.165, 1.54) is 10.9 Å². The minimum absolute atomic E-state index is 0.126. The topological polar surface area (TPSA) is 81.9 Å². The van der Waals surface area contributed by atoms with E-state index in [1.807, 2.05) is 0 Å². The molecule has 2 aromatic heterocycles. The van der Waals surface area contributed by atoms with Gasteiger partial charge in [-0.1, -0.05) is 11.6 Å². The third-order valence-corrected chi connectivity index (χ3v) is 3.83. The number of nitrogens with one attached hydrogen (secondary N) is 1. The molecule has 1 aliphatic rings. The van der Waals surface area contributed by atoms with Gasteiger partial charge >= 0.3 is 0 Å². The molecule has 0 saturated carbocycles. The molecular weight excluding hydrogens is 318 g/mol. The van der Waals surface area contributed by atoms with Gasteiger partial charge in [-0.05, 0) is 18.9 Å². The number of rotatable bonds is 5. The minimum Gasteiger partial charge on any atom is -0.381 e. The normalized spacial score (nSPS) is 17.9. The van der Waals surface area contributed by atoms with Crippen LogP contribution >= 0.6 is 11.6 Å². The van der Waals surface area contributed by atoms with Gasteiger partial charge in [-0.3, -0.25) is 9.48 Å². The Labute approximate surface area is 139 Å². The van der Waals surface area contributed by atoms with E-state index in [1.54, 1.807) is 18.5 Å². The predicted octanol–water partition coefficient (Wildman–Crippen LogP) is 1.54. The molecule has 0 aromatic carbocycles. The molecule has 7 nitrogen and oxygen atoms in total. The second-order valence-corrected chi connectivity index (χ2v) is 5.89. The van der Waals surface area contributed by atoms with Crippen LogP contribution in [0.3, 0.4) is 0 Å². The highest BCUT2D eigenvalue weighted by atomic mass is 35.5. The Hall–Kier alpha value is -1.99.